The van der Waals surface area contributed by atoms with Gasteiger partial charge in [-0.3, -0.25) is 0 Å². The minimum Gasteiger partial charge on any atom is -0.486 e. The molecular formula is C24H24FN3O3. The quantitative estimate of drug-likeness (QED) is 0.494. The van der Waals surface area contributed by atoms with Crippen molar-refractivity contribution in [3.05, 3.63) is 53.8 Å². The molecule has 0 spiro atoms. The van der Waals surface area contributed by atoms with E-state index in [4.69, 9.17) is 13.9 Å². The van der Waals surface area contributed by atoms with Crippen molar-refractivity contribution in [2.24, 2.45) is 0 Å². The maximum atomic E-state index is 13.7. The number of oxazole rings is 1. The predicted octanol–water partition coefficient (Wildman–Crippen LogP) is 4.82. The highest BCUT2D eigenvalue weighted by atomic mass is 19.1. The lowest BCUT2D eigenvalue weighted by atomic mass is 9.97. The third-order valence-electron chi connectivity index (χ3n) is 6.47. The lowest BCUT2D eigenvalue weighted by Crippen LogP contribution is -2.41. The number of aromatic amines is 1. The van der Waals surface area contributed by atoms with Crippen molar-refractivity contribution in [3.8, 4) is 11.5 Å². The van der Waals surface area contributed by atoms with Gasteiger partial charge in [-0.15, -0.1) is 0 Å². The van der Waals surface area contributed by atoms with Gasteiger partial charge < -0.3 is 24.2 Å². The van der Waals surface area contributed by atoms with Gasteiger partial charge >= 0.3 is 0 Å². The topological polar surface area (TPSA) is 72.3 Å². The van der Waals surface area contributed by atoms with Crippen molar-refractivity contribution >= 4 is 22.0 Å². The second-order valence-corrected chi connectivity index (χ2v) is 8.57. The Balaban J connectivity index is 1.11. The fourth-order valence-electron chi connectivity index (χ4n) is 4.97. The second-order valence-electron chi connectivity index (χ2n) is 8.57. The molecular weight excluding hydrogens is 397 g/mol. The van der Waals surface area contributed by atoms with E-state index in [0.717, 1.165) is 35.7 Å². The number of nitrogens with zero attached hydrogens (tertiary/aromatic N) is 1. The first-order chi connectivity index (χ1) is 15.1. The highest BCUT2D eigenvalue weighted by Crippen LogP contribution is 2.40. The Bertz CT molecular complexity index is 1260. The average molecular weight is 421 g/mol. The molecule has 6 nitrogen and oxygen atoms in total. The Morgan fingerprint density at radius 3 is 3.10 bits per heavy atom. The zero-order valence-electron chi connectivity index (χ0n) is 17.3. The molecule has 0 radical (unpaired) electrons. The molecule has 7 heteroatoms. The number of ether oxygens (including phenoxy) is 2. The van der Waals surface area contributed by atoms with Crippen LogP contribution >= 0.6 is 0 Å². The van der Waals surface area contributed by atoms with Gasteiger partial charge in [0, 0.05) is 36.6 Å². The smallest absolute Gasteiger partial charge is 0.207 e. The van der Waals surface area contributed by atoms with E-state index in [1.165, 1.54) is 11.6 Å². The summed E-state index contributed by atoms with van der Waals surface area (Å²) < 4.78 is 31.6. The number of aryl methyl sites for hydroxylation is 1. The molecule has 2 aliphatic rings. The van der Waals surface area contributed by atoms with Crippen LogP contribution in [0.4, 0.5) is 4.39 Å². The molecule has 2 aromatic heterocycles. The van der Waals surface area contributed by atoms with Crippen LogP contribution in [0.3, 0.4) is 0 Å². The molecule has 4 aromatic rings. The van der Waals surface area contributed by atoms with Crippen LogP contribution in [0.1, 0.15) is 36.6 Å². The average Bonchev–Trinajstić information content (AvgIpc) is 3.49. The number of aromatic nitrogens is 2. The summed E-state index contributed by atoms with van der Waals surface area (Å²) in [4.78, 5) is 7.65. The Labute approximate surface area is 178 Å². The molecule has 1 aliphatic heterocycles. The highest BCUT2D eigenvalue weighted by molar-refractivity contribution is 5.84. The molecule has 31 heavy (non-hydrogen) atoms. The second kappa shape index (κ2) is 7.27. The Morgan fingerprint density at radius 1 is 1.23 bits per heavy atom. The van der Waals surface area contributed by atoms with Gasteiger partial charge in [0.25, 0.3) is 0 Å². The molecule has 2 aromatic carbocycles. The minimum atomic E-state index is -0.188. The van der Waals surface area contributed by atoms with Crippen LogP contribution in [0.25, 0.3) is 22.0 Å². The van der Waals surface area contributed by atoms with Crippen molar-refractivity contribution in [2.45, 2.75) is 44.2 Å². The number of halogens is 1. The van der Waals surface area contributed by atoms with E-state index in [0.29, 0.717) is 48.1 Å². The Kier molecular flexibility index (Phi) is 4.38. The zero-order chi connectivity index (χ0) is 20.9. The normalized spacial score (nSPS) is 23.1. The third-order valence-corrected chi connectivity index (χ3v) is 6.47. The lowest BCUT2D eigenvalue weighted by molar-refractivity contribution is 0.0888. The summed E-state index contributed by atoms with van der Waals surface area (Å²) >= 11 is 0. The number of fused-ring (bicyclic) bond motifs is 4. The molecule has 2 N–H and O–H groups in total. The Morgan fingerprint density at radius 2 is 2.16 bits per heavy atom. The Hall–Kier alpha value is -3.06. The molecule has 6 rings (SSSR count). The summed E-state index contributed by atoms with van der Waals surface area (Å²) in [6.45, 7) is 3.02. The summed E-state index contributed by atoms with van der Waals surface area (Å²) in [5.41, 5.74) is 3.63. The molecule has 0 bridgehead atoms. The maximum absolute atomic E-state index is 13.7. The van der Waals surface area contributed by atoms with Crippen LogP contribution in [0.2, 0.25) is 0 Å². The molecule has 1 saturated carbocycles. The summed E-state index contributed by atoms with van der Waals surface area (Å²) in [5.74, 6) is 2.19. The monoisotopic (exact) mass is 421 g/mol. The van der Waals surface area contributed by atoms with Gasteiger partial charge in [0.1, 0.15) is 24.0 Å². The van der Waals surface area contributed by atoms with Gasteiger partial charge in [-0.25, -0.2) is 9.37 Å². The summed E-state index contributed by atoms with van der Waals surface area (Å²) in [6.07, 6.45) is 5.15. The maximum Gasteiger partial charge on any atom is 0.207 e. The standard InChI is InChI=1S/C24H24FN3O3/c1-13-28-21-6-7-22-24(23(21)30-13)31-17(12-29-22)10-26-16-4-2-14(8-16)19-11-27-20-5-3-15(25)9-18(19)20/h3,5-7,9,11,14,16-17,26-27H,2,4,8,10,12H2,1H3/t14-,16+,17+/m1/s1. The SMILES string of the molecule is Cc1nc2ccc3c(c2o1)O[C@@H](CN[C@H]1CC[C@@H](c2c[nH]c4ccc(F)cc24)C1)CO3. The van der Waals surface area contributed by atoms with E-state index < -0.39 is 0 Å². The molecule has 0 saturated heterocycles. The third kappa shape index (κ3) is 3.33. The van der Waals surface area contributed by atoms with Crippen LogP contribution in [0, 0.1) is 12.7 Å². The van der Waals surface area contributed by atoms with Crippen LogP contribution in [0.5, 0.6) is 11.5 Å². The summed E-state index contributed by atoms with van der Waals surface area (Å²) in [7, 11) is 0. The van der Waals surface area contributed by atoms with Gasteiger partial charge in [0.2, 0.25) is 11.3 Å². The van der Waals surface area contributed by atoms with Gasteiger partial charge in [-0.2, -0.15) is 0 Å². The lowest BCUT2D eigenvalue weighted by Gasteiger charge is -2.27. The van der Waals surface area contributed by atoms with E-state index in [1.807, 2.05) is 31.3 Å². The van der Waals surface area contributed by atoms with E-state index in [2.05, 4.69) is 15.3 Å². The number of hydrogen-bond acceptors (Lipinski definition) is 5. The molecule has 1 aliphatic carbocycles. The molecule has 0 unspecified atom stereocenters. The highest BCUT2D eigenvalue weighted by Gasteiger charge is 2.30. The van der Waals surface area contributed by atoms with Crippen molar-refractivity contribution < 1.29 is 18.3 Å². The first-order valence-corrected chi connectivity index (χ1v) is 10.8. The van der Waals surface area contributed by atoms with Crippen molar-refractivity contribution in [2.75, 3.05) is 13.2 Å². The number of H-pyrrole nitrogens is 1. The van der Waals surface area contributed by atoms with Crippen molar-refractivity contribution in [1.29, 1.82) is 0 Å². The van der Waals surface area contributed by atoms with E-state index in [1.54, 1.807) is 6.07 Å². The van der Waals surface area contributed by atoms with Gasteiger partial charge in [-0.05, 0) is 61.1 Å². The van der Waals surface area contributed by atoms with E-state index in [-0.39, 0.29) is 11.9 Å². The van der Waals surface area contributed by atoms with Crippen LogP contribution in [-0.4, -0.2) is 35.3 Å². The number of hydrogen-bond donors (Lipinski definition) is 2. The first kappa shape index (κ1) is 18.7. The van der Waals surface area contributed by atoms with Crippen LogP contribution in [-0.2, 0) is 0 Å². The van der Waals surface area contributed by atoms with Crippen LogP contribution < -0.4 is 14.8 Å². The van der Waals surface area contributed by atoms with Crippen LogP contribution in [0.15, 0.2) is 40.9 Å². The number of benzene rings is 2. The minimum absolute atomic E-state index is 0.0928. The molecule has 3 heterocycles. The molecule has 3 atom stereocenters. The van der Waals surface area contributed by atoms with Crippen molar-refractivity contribution in [1.82, 2.24) is 15.3 Å². The van der Waals surface area contributed by atoms with Gasteiger partial charge in [0.15, 0.2) is 11.6 Å². The summed E-state index contributed by atoms with van der Waals surface area (Å²) in [5, 5.41) is 4.65. The predicted molar refractivity (Wildman–Crippen MR) is 115 cm³/mol. The van der Waals surface area contributed by atoms with E-state index in [9.17, 15) is 4.39 Å². The number of nitrogens with one attached hydrogen (secondary N) is 2. The fourth-order valence-corrected chi connectivity index (χ4v) is 4.97. The molecule has 1 fully saturated rings. The van der Waals surface area contributed by atoms with E-state index >= 15 is 0 Å². The van der Waals surface area contributed by atoms with Crippen molar-refractivity contribution in [3.63, 3.8) is 0 Å². The zero-order valence-corrected chi connectivity index (χ0v) is 17.3. The summed E-state index contributed by atoms with van der Waals surface area (Å²) in [6, 6.07) is 9.12. The fraction of sp³-hybridized carbons (Fsp3) is 0.375. The number of rotatable bonds is 4. The molecule has 160 valence electrons. The van der Waals surface area contributed by atoms with Gasteiger partial charge in [-0.1, -0.05) is 0 Å². The first-order valence-electron chi connectivity index (χ1n) is 10.8. The molecule has 0 amide bonds. The largest absolute Gasteiger partial charge is 0.486 e. The van der Waals surface area contributed by atoms with Gasteiger partial charge in [0.05, 0.1) is 0 Å².